The molecule has 1 heterocycles. The van der Waals surface area contributed by atoms with E-state index in [1.165, 1.54) is 36.3 Å². The highest BCUT2D eigenvalue weighted by molar-refractivity contribution is 9.10. The Morgan fingerprint density at radius 1 is 1.02 bits per heavy atom. The number of carbonyl (C=O) groups is 3. The van der Waals surface area contributed by atoms with Gasteiger partial charge in [0.05, 0.1) is 13.7 Å². The zero-order valence-electron chi connectivity index (χ0n) is 22.8. The van der Waals surface area contributed by atoms with Gasteiger partial charge in [-0.25, -0.2) is 14.0 Å². The van der Waals surface area contributed by atoms with E-state index >= 15 is 0 Å². The largest absolute Gasteiger partial charge is 0.467 e. The smallest absolute Gasteiger partial charge is 0.408 e. The molecule has 0 saturated heterocycles. The monoisotopic (exact) mass is 612 g/mol. The molecule has 0 bridgehead atoms. The Balaban J connectivity index is 2.06. The van der Waals surface area contributed by atoms with Crippen molar-refractivity contribution in [1.29, 1.82) is 0 Å². The zero-order valence-corrected chi connectivity index (χ0v) is 24.4. The third-order valence-electron chi connectivity index (χ3n) is 6.59. The summed E-state index contributed by atoms with van der Waals surface area (Å²) in [5.74, 6) is -2.04. The van der Waals surface area contributed by atoms with Crippen LogP contribution in [0.5, 0.6) is 0 Å². The summed E-state index contributed by atoms with van der Waals surface area (Å²) < 4.78 is 31.7. The van der Waals surface area contributed by atoms with Crippen LogP contribution in [-0.4, -0.2) is 37.7 Å². The lowest BCUT2D eigenvalue weighted by atomic mass is 9.70. The number of nitrogens with one attached hydrogen (secondary N) is 1. The third-order valence-corrected chi connectivity index (χ3v) is 7.08. The predicted molar refractivity (Wildman–Crippen MR) is 150 cm³/mol. The number of nitrogens with zero attached hydrogens (tertiary/aromatic N) is 1. The summed E-state index contributed by atoms with van der Waals surface area (Å²) in [5.41, 5.74) is -3.87. The van der Waals surface area contributed by atoms with Crippen molar-refractivity contribution in [2.45, 2.75) is 44.1 Å². The number of anilines is 1. The van der Waals surface area contributed by atoms with Gasteiger partial charge in [-0.1, -0.05) is 58.4 Å². The summed E-state index contributed by atoms with van der Waals surface area (Å²) in [6.07, 6.45) is -0.948. The van der Waals surface area contributed by atoms with Crippen LogP contribution in [0.4, 0.5) is 14.9 Å². The van der Waals surface area contributed by atoms with Crippen LogP contribution in [0.25, 0.3) is 0 Å². The summed E-state index contributed by atoms with van der Waals surface area (Å²) in [6, 6.07) is 19.0. The SMILES string of the molecule is COC(=O)[C@@](OCc1ccc(F)cc1)(c1ccccc1)[C@]1(NC(=O)OC(C)(C)C)C(=O)N(C)c2ccc(Br)cc21. The number of alkyl carbamates (subject to hydrolysis) is 1. The molecule has 1 aliphatic heterocycles. The Labute approximate surface area is 240 Å². The van der Waals surface area contributed by atoms with Gasteiger partial charge in [-0.3, -0.25) is 10.1 Å². The lowest BCUT2D eigenvalue weighted by Gasteiger charge is -2.45. The third kappa shape index (κ3) is 5.09. The number of carbonyl (C=O) groups excluding carboxylic acids is 3. The first-order chi connectivity index (χ1) is 18.9. The van der Waals surface area contributed by atoms with Gasteiger partial charge in [-0.2, -0.15) is 0 Å². The number of methoxy groups -OCH3 is 1. The molecule has 1 N–H and O–H groups in total. The van der Waals surface area contributed by atoms with Gasteiger partial charge in [0, 0.05) is 22.8 Å². The Morgan fingerprint density at radius 3 is 2.27 bits per heavy atom. The summed E-state index contributed by atoms with van der Waals surface area (Å²) in [5, 5.41) is 2.75. The molecule has 0 unspecified atom stereocenters. The Hall–Kier alpha value is -3.76. The number of ether oxygens (including phenoxy) is 3. The number of fused-ring (bicyclic) bond motifs is 1. The van der Waals surface area contributed by atoms with E-state index in [1.807, 2.05) is 0 Å². The van der Waals surface area contributed by atoms with Gasteiger partial charge in [0.2, 0.25) is 5.60 Å². The molecule has 3 aromatic rings. The highest BCUT2D eigenvalue weighted by atomic mass is 79.9. The Morgan fingerprint density at radius 2 is 1.68 bits per heavy atom. The van der Waals surface area contributed by atoms with Crippen LogP contribution in [0.2, 0.25) is 0 Å². The van der Waals surface area contributed by atoms with E-state index in [1.54, 1.807) is 76.3 Å². The molecule has 0 aromatic heterocycles. The van der Waals surface area contributed by atoms with Crippen molar-refractivity contribution in [2.24, 2.45) is 0 Å². The molecule has 2 atom stereocenters. The molecule has 3 aromatic carbocycles. The lowest BCUT2D eigenvalue weighted by Crippen LogP contribution is -2.69. The number of amides is 2. The molecule has 40 heavy (non-hydrogen) atoms. The molecular formula is C30H30BrFN2O6. The maximum Gasteiger partial charge on any atom is 0.408 e. The fourth-order valence-corrected chi connectivity index (χ4v) is 5.27. The predicted octanol–water partition coefficient (Wildman–Crippen LogP) is 5.57. The molecule has 210 valence electrons. The first-order valence-corrected chi connectivity index (χ1v) is 13.3. The minimum absolute atomic E-state index is 0.234. The van der Waals surface area contributed by atoms with Crippen LogP contribution in [0.1, 0.15) is 37.5 Å². The van der Waals surface area contributed by atoms with Crippen LogP contribution in [0.15, 0.2) is 77.3 Å². The molecule has 8 nitrogen and oxygen atoms in total. The second-order valence-corrected chi connectivity index (χ2v) is 11.3. The summed E-state index contributed by atoms with van der Waals surface area (Å²) in [6.45, 7) is 4.81. The van der Waals surface area contributed by atoms with Crippen molar-refractivity contribution in [3.05, 3.63) is 99.8 Å². The molecule has 0 radical (unpaired) electrons. The number of hydrogen-bond acceptors (Lipinski definition) is 6. The van der Waals surface area contributed by atoms with E-state index in [0.29, 0.717) is 15.7 Å². The number of likely N-dealkylation sites (N-methyl/N-ethyl adjacent to an activating group) is 1. The van der Waals surface area contributed by atoms with E-state index in [4.69, 9.17) is 14.2 Å². The minimum Gasteiger partial charge on any atom is -0.467 e. The van der Waals surface area contributed by atoms with Gasteiger partial charge in [0.25, 0.3) is 5.91 Å². The number of rotatable bonds is 7. The highest BCUT2D eigenvalue weighted by Gasteiger charge is 2.70. The molecule has 2 amide bonds. The second-order valence-electron chi connectivity index (χ2n) is 10.4. The average Bonchev–Trinajstić information content (AvgIpc) is 3.11. The highest BCUT2D eigenvalue weighted by Crippen LogP contribution is 2.53. The zero-order chi connectivity index (χ0) is 29.3. The molecule has 4 rings (SSSR count). The van der Waals surface area contributed by atoms with Crippen molar-refractivity contribution in [1.82, 2.24) is 5.32 Å². The average molecular weight is 613 g/mol. The number of halogens is 2. The summed E-state index contributed by atoms with van der Waals surface area (Å²) in [4.78, 5) is 43.5. The van der Waals surface area contributed by atoms with Gasteiger partial charge < -0.3 is 19.1 Å². The Bertz CT molecular complexity index is 1430. The van der Waals surface area contributed by atoms with E-state index in [-0.39, 0.29) is 17.7 Å². The molecule has 0 aliphatic carbocycles. The van der Waals surface area contributed by atoms with Gasteiger partial charge in [-0.15, -0.1) is 0 Å². The normalized spacial score (nSPS) is 18.1. The second kappa shape index (κ2) is 11.0. The van der Waals surface area contributed by atoms with Crippen molar-refractivity contribution < 1.29 is 33.0 Å². The molecule has 1 aliphatic rings. The Kier molecular flexibility index (Phi) is 8.05. The fourth-order valence-electron chi connectivity index (χ4n) is 4.91. The van der Waals surface area contributed by atoms with Gasteiger partial charge in [-0.05, 0) is 62.2 Å². The fraction of sp³-hybridized carbons (Fsp3) is 0.300. The van der Waals surface area contributed by atoms with Crippen LogP contribution in [0.3, 0.4) is 0 Å². The first-order valence-electron chi connectivity index (χ1n) is 12.5. The van der Waals surface area contributed by atoms with Crippen molar-refractivity contribution in [2.75, 3.05) is 19.1 Å². The van der Waals surface area contributed by atoms with Crippen LogP contribution in [0, 0.1) is 5.82 Å². The number of esters is 1. The molecule has 0 spiro atoms. The van der Waals surface area contributed by atoms with Gasteiger partial charge in [0.1, 0.15) is 11.4 Å². The van der Waals surface area contributed by atoms with Gasteiger partial charge >= 0.3 is 12.1 Å². The maximum absolute atomic E-state index is 14.5. The van der Waals surface area contributed by atoms with E-state index in [9.17, 15) is 18.8 Å². The summed E-state index contributed by atoms with van der Waals surface area (Å²) in [7, 11) is 2.72. The van der Waals surface area contributed by atoms with Crippen LogP contribution < -0.4 is 10.2 Å². The summed E-state index contributed by atoms with van der Waals surface area (Å²) >= 11 is 3.46. The van der Waals surface area contributed by atoms with Gasteiger partial charge in [0.15, 0.2) is 5.54 Å². The van der Waals surface area contributed by atoms with E-state index in [2.05, 4.69) is 21.2 Å². The molecular weight excluding hydrogens is 583 g/mol. The van der Waals surface area contributed by atoms with E-state index in [0.717, 1.165) is 0 Å². The minimum atomic E-state index is -2.26. The number of hydrogen-bond donors (Lipinski definition) is 1. The first kappa shape index (κ1) is 29.2. The standard InChI is InChI=1S/C30H30BrFN2O6/c1-28(2,3)40-27(37)33-29(23-17-21(31)13-16-24(23)34(4)25(29)35)30(26(36)38-5,20-9-7-6-8-10-20)39-18-19-11-14-22(32)15-12-19/h6-17H,18H2,1-5H3,(H,33,37)/t29-,30+/m1/s1. The lowest BCUT2D eigenvalue weighted by molar-refractivity contribution is -0.192. The van der Waals surface area contributed by atoms with Crippen molar-refractivity contribution in [3.8, 4) is 0 Å². The quantitative estimate of drug-likeness (QED) is 0.351. The number of benzene rings is 3. The topological polar surface area (TPSA) is 94.2 Å². The molecule has 0 fully saturated rings. The maximum atomic E-state index is 14.5. The van der Waals surface area contributed by atoms with E-state index < -0.39 is 40.5 Å². The molecule has 0 saturated carbocycles. The van der Waals surface area contributed by atoms with Crippen molar-refractivity contribution in [3.63, 3.8) is 0 Å². The van der Waals surface area contributed by atoms with Crippen molar-refractivity contribution >= 4 is 39.6 Å². The van der Waals surface area contributed by atoms with Crippen LogP contribution in [-0.2, 0) is 41.5 Å². The molecule has 10 heteroatoms. The van der Waals surface area contributed by atoms with Crippen LogP contribution >= 0.6 is 15.9 Å².